The molecule has 1 aromatic heterocycles. The number of hydrogen-bond donors (Lipinski definition) is 1. The molecule has 0 amide bonds. The summed E-state index contributed by atoms with van der Waals surface area (Å²) >= 11 is 0. The van der Waals surface area contributed by atoms with E-state index in [-0.39, 0.29) is 0 Å². The third-order valence-corrected chi connectivity index (χ3v) is 2.64. The molecule has 1 saturated heterocycles. The molecule has 1 aromatic rings. The Balaban J connectivity index is 1.71. The second kappa shape index (κ2) is 5.65. The Morgan fingerprint density at radius 3 is 2.94 bits per heavy atom. The molecule has 0 bridgehead atoms. The Morgan fingerprint density at radius 2 is 2.31 bits per heavy atom. The van der Waals surface area contributed by atoms with Crippen molar-refractivity contribution >= 4 is 5.95 Å². The Kier molecular flexibility index (Phi) is 3.93. The van der Waals surface area contributed by atoms with Crippen molar-refractivity contribution in [1.82, 2.24) is 9.97 Å². The van der Waals surface area contributed by atoms with Crippen molar-refractivity contribution < 1.29 is 9.47 Å². The molecule has 2 rings (SSSR count). The van der Waals surface area contributed by atoms with Crippen molar-refractivity contribution in [3.63, 3.8) is 0 Å². The Hall–Kier alpha value is -1.36. The van der Waals surface area contributed by atoms with E-state index in [9.17, 15) is 0 Å². The molecule has 1 fully saturated rings. The molecule has 2 heterocycles. The van der Waals surface area contributed by atoms with E-state index in [1.54, 1.807) is 19.5 Å². The summed E-state index contributed by atoms with van der Waals surface area (Å²) in [4.78, 5) is 8.25. The lowest BCUT2D eigenvalue weighted by molar-refractivity contribution is 0.107. The molecule has 5 heteroatoms. The molecule has 0 aliphatic carbocycles. The van der Waals surface area contributed by atoms with E-state index in [1.807, 2.05) is 0 Å². The molecule has 0 aromatic carbocycles. The van der Waals surface area contributed by atoms with E-state index in [0.717, 1.165) is 19.6 Å². The highest BCUT2D eigenvalue weighted by Gasteiger charge is 2.14. The van der Waals surface area contributed by atoms with Gasteiger partial charge in [-0.15, -0.1) is 0 Å². The van der Waals surface area contributed by atoms with E-state index in [1.165, 1.54) is 12.8 Å². The lowest BCUT2D eigenvalue weighted by Crippen LogP contribution is -2.13. The Morgan fingerprint density at radius 1 is 1.50 bits per heavy atom. The van der Waals surface area contributed by atoms with Crippen molar-refractivity contribution in [3.8, 4) is 5.75 Å². The van der Waals surface area contributed by atoms with Gasteiger partial charge in [0.15, 0.2) is 5.75 Å². The first-order valence-corrected chi connectivity index (χ1v) is 5.60. The summed E-state index contributed by atoms with van der Waals surface area (Å²) in [6.45, 7) is 1.75. The largest absolute Gasteiger partial charge is 0.494 e. The monoisotopic (exact) mass is 223 g/mol. The topological polar surface area (TPSA) is 56.3 Å². The van der Waals surface area contributed by atoms with Crippen LogP contribution >= 0.6 is 0 Å². The van der Waals surface area contributed by atoms with Crippen LogP contribution in [0.2, 0.25) is 0 Å². The molecule has 0 radical (unpaired) electrons. The molecule has 16 heavy (non-hydrogen) atoms. The van der Waals surface area contributed by atoms with Crippen LogP contribution in [-0.4, -0.2) is 36.3 Å². The number of anilines is 1. The van der Waals surface area contributed by atoms with Gasteiger partial charge in [0.2, 0.25) is 5.95 Å². The normalized spacial score (nSPS) is 19.7. The van der Waals surface area contributed by atoms with Crippen LogP contribution in [0, 0.1) is 0 Å². The summed E-state index contributed by atoms with van der Waals surface area (Å²) in [6, 6.07) is 0. The fourth-order valence-electron chi connectivity index (χ4n) is 1.73. The van der Waals surface area contributed by atoms with Gasteiger partial charge in [0.05, 0.1) is 25.6 Å². The van der Waals surface area contributed by atoms with Gasteiger partial charge in [-0.05, 0) is 19.3 Å². The number of aromatic nitrogens is 2. The van der Waals surface area contributed by atoms with Crippen molar-refractivity contribution in [1.29, 1.82) is 0 Å². The maximum absolute atomic E-state index is 5.53. The lowest BCUT2D eigenvalue weighted by atomic mass is 10.2. The third kappa shape index (κ3) is 3.06. The lowest BCUT2D eigenvalue weighted by Gasteiger charge is -2.09. The predicted octanol–water partition coefficient (Wildman–Crippen LogP) is 1.47. The second-order valence-corrected chi connectivity index (χ2v) is 3.80. The van der Waals surface area contributed by atoms with Gasteiger partial charge in [-0.25, -0.2) is 9.97 Å². The summed E-state index contributed by atoms with van der Waals surface area (Å²) in [6.07, 6.45) is 7.08. The van der Waals surface area contributed by atoms with Crippen LogP contribution in [0.3, 0.4) is 0 Å². The van der Waals surface area contributed by atoms with Gasteiger partial charge in [-0.1, -0.05) is 0 Å². The maximum atomic E-state index is 5.53. The first-order valence-electron chi connectivity index (χ1n) is 5.60. The van der Waals surface area contributed by atoms with Gasteiger partial charge >= 0.3 is 0 Å². The number of methoxy groups -OCH3 is 1. The first-order chi connectivity index (χ1) is 7.88. The molecular formula is C11H17N3O2. The first kappa shape index (κ1) is 11.1. The third-order valence-electron chi connectivity index (χ3n) is 2.64. The van der Waals surface area contributed by atoms with Crippen LogP contribution in [0.4, 0.5) is 5.95 Å². The molecule has 0 saturated carbocycles. The molecule has 1 N–H and O–H groups in total. The fraction of sp³-hybridized carbons (Fsp3) is 0.636. The Labute approximate surface area is 95.2 Å². The highest BCUT2D eigenvalue weighted by atomic mass is 16.5. The highest BCUT2D eigenvalue weighted by molar-refractivity contribution is 5.26. The fourth-order valence-corrected chi connectivity index (χ4v) is 1.73. The summed E-state index contributed by atoms with van der Waals surface area (Å²) in [5.74, 6) is 1.31. The van der Waals surface area contributed by atoms with E-state index in [4.69, 9.17) is 9.47 Å². The summed E-state index contributed by atoms with van der Waals surface area (Å²) in [7, 11) is 1.60. The summed E-state index contributed by atoms with van der Waals surface area (Å²) < 4.78 is 10.5. The minimum atomic E-state index is 0.408. The predicted molar refractivity (Wildman–Crippen MR) is 60.7 cm³/mol. The van der Waals surface area contributed by atoms with Crippen LogP contribution in [0.15, 0.2) is 12.4 Å². The zero-order valence-electron chi connectivity index (χ0n) is 9.48. The molecule has 1 atom stereocenters. The number of nitrogens with one attached hydrogen (secondary N) is 1. The molecule has 5 nitrogen and oxygen atoms in total. The maximum Gasteiger partial charge on any atom is 0.222 e. The smallest absolute Gasteiger partial charge is 0.222 e. The van der Waals surface area contributed by atoms with E-state index < -0.39 is 0 Å². The Bertz CT molecular complexity index is 310. The zero-order chi connectivity index (χ0) is 11.2. The van der Waals surface area contributed by atoms with Crippen LogP contribution in [0.25, 0.3) is 0 Å². The summed E-state index contributed by atoms with van der Waals surface area (Å²) in [5, 5.41) is 3.17. The van der Waals surface area contributed by atoms with E-state index in [0.29, 0.717) is 17.8 Å². The van der Waals surface area contributed by atoms with Gasteiger partial charge in [-0.2, -0.15) is 0 Å². The van der Waals surface area contributed by atoms with Gasteiger partial charge < -0.3 is 14.8 Å². The summed E-state index contributed by atoms with van der Waals surface area (Å²) in [5.41, 5.74) is 0. The quantitative estimate of drug-likeness (QED) is 0.819. The number of rotatable bonds is 5. The molecular weight excluding hydrogens is 206 g/mol. The SMILES string of the molecule is COc1cnc(NCCC2CCCO2)nc1. The average molecular weight is 223 g/mol. The highest BCUT2D eigenvalue weighted by Crippen LogP contribution is 2.15. The van der Waals surface area contributed by atoms with Crippen LogP contribution < -0.4 is 10.1 Å². The van der Waals surface area contributed by atoms with Gasteiger partial charge in [0.1, 0.15) is 0 Å². The van der Waals surface area contributed by atoms with Crippen LogP contribution in [0.5, 0.6) is 5.75 Å². The number of ether oxygens (including phenoxy) is 2. The average Bonchev–Trinajstić information content (AvgIpc) is 2.83. The van der Waals surface area contributed by atoms with Gasteiger partial charge in [0, 0.05) is 13.2 Å². The van der Waals surface area contributed by atoms with Crippen molar-refractivity contribution in [2.45, 2.75) is 25.4 Å². The van der Waals surface area contributed by atoms with Crippen molar-refractivity contribution in [3.05, 3.63) is 12.4 Å². The molecule has 88 valence electrons. The van der Waals surface area contributed by atoms with Gasteiger partial charge in [0.25, 0.3) is 0 Å². The standard InChI is InChI=1S/C11H17N3O2/c1-15-10-7-13-11(14-8-10)12-5-4-9-3-2-6-16-9/h7-9H,2-6H2,1H3,(H,12,13,14). The zero-order valence-corrected chi connectivity index (χ0v) is 9.48. The van der Waals surface area contributed by atoms with Gasteiger partial charge in [-0.3, -0.25) is 0 Å². The van der Waals surface area contributed by atoms with Crippen LogP contribution in [-0.2, 0) is 4.74 Å². The molecule has 1 aliphatic heterocycles. The van der Waals surface area contributed by atoms with E-state index in [2.05, 4.69) is 15.3 Å². The van der Waals surface area contributed by atoms with Crippen LogP contribution in [0.1, 0.15) is 19.3 Å². The van der Waals surface area contributed by atoms with E-state index >= 15 is 0 Å². The van der Waals surface area contributed by atoms with Crippen molar-refractivity contribution in [2.24, 2.45) is 0 Å². The minimum absolute atomic E-state index is 0.408. The second-order valence-electron chi connectivity index (χ2n) is 3.80. The molecule has 1 aliphatic rings. The molecule has 0 spiro atoms. The number of hydrogen-bond acceptors (Lipinski definition) is 5. The molecule has 1 unspecified atom stereocenters. The number of nitrogens with zero attached hydrogens (tertiary/aromatic N) is 2. The minimum Gasteiger partial charge on any atom is -0.494 e. The van der Waals surface area contributed by atoms with Crippen molar-refractivity contribution in [2.75, 3.05) is 25.6 Å².